The minimum atomic E-state index is -1.22. The Morgan fingerprint density at radius 1 is 0.689 bits per heavy atom. The van der Waals surface area contributed by atoms with Crippen molar-refractivity contribution in [3.63, 3.8) is 0 Å². The molecular formula is C29H30N4O12. The maximum Gasteiger partial charge on any atom is 0.409 e. The number of hydrogen-bond acceptors (Lipinski definition) is 11. The van der Waals surface area contributed by atoms with Gasteiger partial charge in [0.05, 0.1) is 28.5 Å². The Balaban J connectivity index is 1.44. The fourth-order valence-corrected chi connectivity index (χ4v) is 3.58. The average molecular weight is 627 g/mol. The van der Waals surface area contributed by atoms with Crippen LogP contribution in [0.25, 0.3) is 0 Å². The SMILES string of the molecule is CN(CCOc1cc(OCCN(C)C(=O)OCc2ccc([N+](=O)[O-])cc2)cc(C(=O)O)c1)C(=O)OCc1ccc([N+](=O)[O-])cc1. The van der Waals surface area contributed by atoms with Crippen LogP contribution < -0.4 is 9.47 Å². The summed E-state index contributed by atoms with van der Waals surface area (Å²) >= 11 is 0. The first kappa shape index (κ1) is 33.6. The number of nitro benzene ring substituents is 2. The van der Waals surface area contributed by atoms with Gasteiger partial charge in [0.15, 0.2) is 0 Å². The molecule has 0 heterocycles. The number of carbonyl (C=O) groups excluding carboxylic acids is 2. The second kappa shape index (κ2) is 16.1. The molecule has 0 radical (unpaired) electrons. The molecule has 0 atom stereocenters. The number of rotatable bonds is 15. The van der Waals surface area contributed by atoms with Gasteiger partial charge >= 0.3 is 18.2 Å². The number of likely N-dealkylation sites (N-methyl/N-ethyl adjacent to an activating group) is 2. The first-order chi connectivity index (χ1) is 21.4. The number of aromatic carboxylic acids is 1. The molecule has 3 rings (SSSR count). The molecule has 0 spiro atoms. The van der Waals surface area contributed by atoms with E-state index >= 15 is 0 Å². The summed E-state index contributed by atoms with van der Waals surface area (Å²) in [5.41, 5.74) is 0.884. The van der Waals surface area contributed by atoms with E-state index in [1.807, 2.05) is 0 Å². The minimum Gasteiger partial charge on any atom is -0.492 e. The van der Waals surface area contributed by atoms with Gasteiger partial charge in [-0.1, -0.05) is 0 Å². The van der Waals surface area contributed by atoms with E-state index < -0.39 is 28.0 Å². The maximum absolute atomic E-state index is 12.3. The summed E-state index contributed by atoms with van der Waals surface area (Å²) in [6.07, 6.45) is -1.31. The Hall–Kier alpha value is -5.93. The summed E-state index contributed by atoms with van der Waals surface area (Å²) < 4.78 is 21.7. The van der Waals surface area contributed by atoms with E-state index in [-0.39, 0.29) is 68.0 Å². The molecule has 1 N–H and O–H groups in total. The number of carboxylic acids is 1. The van der Waals surface area contributed by atoms with Crippen molar-refractivity contribution in [2.24, 2.45) is 0 Å². The number of carboxylic acid groups (broad SMARTS) is 1. The third-order valence-corrected chi connectivity index (χ3v) is 6.16. The topological polar surface area (TPSA) is 201 Å². The molecule has 0 fully saturated rings. The number of ether oxygens (including phenoxy) is 4. The quantitative estimate of drug-likeness (QED) is 0.183. The molecule has 0 saturated carbocycles. The van der Waals surface area contributed by atoms with Gasteiger partial charge in [0.2, 0.25) is 0 Å². The molecule has 0 aliphatic rings. The van der Waals surface area contributed by atoms with Crippen LogP contribution in [-0.4, -0.2) is 83.3 Å². The average Bonchev–Trinajstić information content (AvgIpc) is 3.02. The minimum absolute atomic E-state index is 0.00498. The van der Waals surface area contributed by atoms with Crippen molar-refractivity contribution in [3.8, 4) is 11.5 Å². The molecule has 238 valence electrons. The van der Waals surface area contributed by atoms with Crippen molar-refractivity contribution >= 4 is 29.5 Å². The normalized spacial score (nSPS) is 10.4. The Morgan fingerprint density at radius 3 is 1.40 bits per heavy atom. The van der Waals surface area contributed by atoms with Crippen LogP contribution in [0.4, 0.5) is 21.0 Å². The van der Waals surface area contributed by atoms with Crippen LogP contribution in [0, 0.1) is 20.2 Å². The molecule has 0 aromatic heterocycles. The van der Waals surface area contributed by atoms with Gasteiger partial charge < -0.3 is 33.9 Å². The lowest BCUT2D eigenvalue weighted by molar-refractivity contribution is -0.385. The number of nitrogens with zero attached hydrogens (tertiary/aromatic N) is 4. The van der Waals surface area contributed by atoms with Gasteiger partial charge in [-0.25, -0.2) is 14.4 Å². The Bertz CT molecular complexity index is 1410. The summed E-state index contributed by atoms with van der Waals surface area (Å²) in [5.74, 6) is -0.869. The van der Waals surface area contributed by atoms with E-state index in [0.717, 1.165) is 0 Å². The first-order valence-corrected chi connectivity index (χ1v) is 13.3. The summed E-state index contributed by atoms with van der Waals surface area (Å²) in [5, 5.41) is 31.0. The third kappa shape index (κ3) is 10.7. The van der Waals surface area contributed by atoms with E-state index in [0.29, 0.717) is 11.1 Å². The Labute approximate surface area is 256 Å². The van der Waals surface area contributed by atoms with Gasteiger partial charge in [-0.2, -0.15) is 0 Å². The van der Waals surface area contributed by atoms with Gasteiger partial charge in [-0.3, -0.25) is 20.2 Å². The highest BCUT2D eigenvalue weighted by molar-refractivity contribution is 5.88. The fourth-order valence-electron chi connectivity index (χ4n) is 3.58. The predicted molar refractivity (Wildman–Crippen MR) is 156 cm³/mol. The molecule has 0 saturated heterocycles. The van der Waals surface area contributed by atoms with Gasteiger partial charge in [0.1, 0.15) is 37.9 Å². The van der Waals surface area contributed by atoms with Crippen LogP contribution in [0.5, 0.6) is 11.5 Å². The standard InChI is InChI=1S/C29H30N4O12/c1-30(28(36)44-18-20-3-7-23(8-4-20)32(38)39)11-13-42-25-15-22(27(34)35)16-26(17-25)43-14-12-31(2)29(37)45-19-21-5-9-24(10-6-21)33(40)41/h3-10,15-17H,11-14,18-19H2,1-2H3,(H,34,35). The largest absolute Gasteiger partial charge is 0.492 e. The van der Waals surface area contributed by atoms with Crippen molar-refractivity contribution in [3.05, 3.63) is 104 Å². The van der Waals surface area contributed by atoms with Crippen LogP contribution >= 0.6 is 0 Å². The summed E-state index contributed by atoms with van der Waals surface area (Å²) in [7, 11) is 2.97. The van der Waals surface area contributed by atoms with Gasteiger partial charge in [0.25, 0.3) is 11.4 Å². The molecule has 3 aromatic rings. The van der Waals surface area contributed by atoms with E-state index in [1.165, 1.54) is 90.6 Å². The van der Waals surface area contributed by atoms with E-state index in [2.05, 4.69) is 0 Å². The van der Waals surface area contributed by atoms with Gasteiger partial charge in [-0.15, -0.1) is 0 Å². The zero-order valence-electron chi connectivity index (χ0n) is 24.3. The molecule has 0 aliphatic carbocycles. The highest BCUT2D eigenvalue weighted by Crippen LogP contribution is 2.23. The molecule has 3 aromatic carbocycles. The van der Waals surface area contributed by atoms with Crippen LogP contribution in [0.1, 0.15) is 21.5 Å². The molecule has 0 bridgehead atoms. The van der Waals surface area contributed by atoms with Crippen LogP contribution in [0.3, 0.4) is 0 Å². The van der Waals surface area contributed by atoms with Gasteiger partial charge in [0, 0.05) is 44.4 Å². The zero-order chi connectivity index (χ0) is 32.9. The van der Waals surface area contributed by atoms with E-state index in [4.69, 9.17) is 18.9 Å². The van der Waals surface area contributed by atoms with Crippen molar-refractivity contribution in [2.45, 2.75) is 13.2 Å². The van der Waals surface area contributed by atoms with Crippen LogP contribution in [0.15, 0.2) is 66.7 Å². The van der Waals surface area contributed by atoms with E-state index in [9.17, 15) is 39.7 Å². The van der Waals surface area contributed by atoms with Crippen LogP contribution in [-0.2, 0) is 22.7 Å². The van der Waals surface area contributed by atoms with Crippen molar-refractivity contribution in [1.29, 1.82) is 0 Å². The van der Waals surface area contributed by atoms with Crippen molar-refractivity contribution in [2.75, 3.05) is 40.4 Å². The summed E-state index contributed by atoms with van der Waals surface area (Å²) in [4.78, 5) is 59.1. The second-order valence-electron chi connectivity index (χ2n) is 9.49. The summed E-state index contributed by atoms with van der Waals surface area (Å²) in [6, 6.07) is 15.2. The Kier molecular flexibility index (Phi) is 12.0. The highest BCUT2D eigenvalue weighted by atomic mass is 16.6. The molecule has 0 aliphatic heterocycles. The molecule has 16 nitrogen and oxygen atoms in total. The number of nitro groups is 2. The predicted octanol–water partition coefficient (Wildman–Crippen LogP) is 4.50. The molecule has 16 heteroatoms. The molecule has 2 amide bonds. The second-order valence-corrected chi connectivity index (χ2v) is 9.49. The number of carbonyl (C=O) groups is 3. The Morgan fingerprint density at radius 2 is 1.07 bits per heavy atom. The lowest BCUT2D eigenvalue weighted by atomic mass is 10.2. The maximum atomic E-state index is 12.3. The molecule has 0 unspecified atom stereocenters. The number of benzene rings is 3. The first-order valence-electron chi connectivity index (χ1n) is 13.3. The monoisotopic (exact) mass is 626 g/mol. The third-order valence-electron chi connectivity index (χ3n) is 6.16. The summed E-state index contributed by atoms with van der Waals surface area (Å²) in [6.45, 7) is 0.00878. The molecule has 45 heavy (non-hydrogen) atoms. The fraction of sp³-hybridized carbons (Fsp3) is 0.276. The molecular weight excluding hydrogens is 596 g/mol. The van der Waals surface area contributed by atoms with Crippen molar-refractivity contribution in [1.82, 2.24) is 9.80 Å². The van der Waals surface area contributed by atoms with E-state index in [1.54, 1.807) is 0 Å². The van der Waals surface area contributed by atoms with Gasteiger partial charge in [-0.05, 0) is 47.5 Å². The number of amides is 2. The lowest BCUT2D eigenvalue weighted by Crippen LogP contribution is -2.31. The smallest absolute Gasteiger partial charge is 0.409 e. The van der Waals surface area contributed by atoms with Crippen molar-refractivity contribution < 1.29 is 48.3 Å². The lowest BCUT2D eigenvalue weighted by Gasteiger charge is -2.18. The number of hydrogen-bond donors (Lipinski definition) is 1. The van der Waals surface area contributed by atoms with Crippen LogP contribution in [0.2, 0.25) is 0 Å². The number of non-ortho nitro benzene ring substituents is 2. The highest BCUT2D eigenvalue weighted by Gasteiger charge is 2.15. The zero-order valence-corrected chi connectivity index (χ0v) is 24.3.